The molecule has 1 atom stereocenters. The third-order valence-corrected chi connectivity index (χ3v) is 4.45. The minimum atomic E-state index is -0.454. The first kappa shape index (κ1) is 15.3. The van der Waals surface area contributed by atoms with Crippen LogP contribution in [0.3, 0.4) is 0 Å². The number of hydrogen-bond donors (Lipinski definition) is 0. The molecular formula is C20H16N2O3. The van der Waals surface area contributed by atoms with Crippen molar-refractivity contribution >= 4 is 28.3 Å². The molecule has 124 valence electrons. The maximum absolute atomic E-state index is 12.8. The minimum Gasteiger partial charge on any atom is -0.464 e. The van der Waals surface area contributed by atoms with Crippen LogP contribution in [0.1, 0.15) is 12.5 Å². The van der Waals surface area contributed by atoms with E-state index in [-0.39, 0.29) is 17.8 Å². The molecule has 0 bridgehead atoms. The number of carbonyl (C=O) groups excluding carboxylic acids is 1. The van der Waals surface area contributed by atoms with Crippen LogP contribution in [0.15, 0.2) is 75.2 Å². The topological polar surface area (TPSA) is 62.9 Å². The fourth-order valence-electron chi connectivity index (χ4n) is 3.07. The quantitative estimate of drug-likeness (QED) is 0.739. The molecule has 5 nitrogen and oxygen atoms in total. The number of para-hydroxylation sites is 2. The Morgan fingerprint density at radius 2 is 1.76 bits per heavy atom. The summed E-state index contributed by atoms with van der Waals surface area (Å²) in [5.74, 6) is -0.583. The van der Waals surface area contributed by atoms with Crippen molar-refractivity contribution in [1.29, 1.82) is 0 Å². The maximum Gasteiger partial charge on any atom is 0.256 e. The van der Waals surface area contributed by atoms with E-state index in [1.807, 2.05) is 43.3 Å². The second-order valence-electron chi connectivity index (χ2n) is 6.07. The zero-order valence-corrected chi connectivity index (χ0v) is 13.7. The van der Waals surface area contributed by atoms with Crippen LogP contribution in [-0.4, -0.2) is 11.6 Å². The Morgan fingerprint density at radius 3 is 2.56 bits per heavy atom. The molecule has 2 heterocycles. The fourth-order valence-corrected chi connectivity index (χ4v) is 3.07. The van der Waals surface area contributed by atoms with Gasteiger partial charge in [-0.05, 0) is 37.6 Å². The van der Waals surface area contributed by atoms with E-state index in [0.717, 1.165) is 5.69 Å². The van der Waals surface area contributed by atoms with Gasteiger partial charge in [-0.3, -0.25) is 9.59 Å². The molecule has 2 aromatic carbocycles. The van der Waals surface area contributed by atoms with Gasteiger partial charge in [-0.2, -0.15) is 5.10 Å². The number of rotatable bonds is 3. The molecule has 0 aliphatic carbocycles. The normalized spacial score (nSPS) is 17.2. The molecule has 0 saturated heterocycles. The van der Waals surface area contributed by atoms with Crippen molar-refractivity contribution in [1.82, 2.24) is 0 Å². The second-order valence-corrected chi connectivity index (χ2v) is 6.07. The first-order valence-corrected chi connectivity index (χ1v) is 8.08. The van der Waals surface area contributed by atoms with Crippen LogP contribution in [0.2, 0.25) is 0 Å². The van der Waals surface area contributed by atoms with Crippen molar-refractivity contribution in [2.24, 2.45) is 11.0 Å². The van der Waals surface area contributed by atoms with Gasteiger partial charge in [0.15, 0.2) is 5.43 Å². The number of nitrogens with zero attached hydrogens (tertiary/aromatic N) is 2. The standard InChI is InChI=1S/C20H16N2O3/c1-13-17(20(24)22(21-13)15-7-3-2-4-8-15)11-14-12-25-18-10-6-5-9-16(18)19(14)23/h2-10,12,17H,11H2,1H3. The number of benzene rings is 2. The molecule has 25 heavy (non-hydrogen) atoms. The maximum atomic E-state index is 12.8. The first-order valence-electron chi connectivity index (χ1n) is 8.08. The average molecular weight is 332 g/mol. The first-order chi connectivity index (χ1) is 12.1. The molecule has 0 radical (unpaired) electrons. The summed E-state index contributed by atoms with van der Waals surface area (Å²) in [4.78, 5) is 25.4. The lowest BCUT2D eigenvalue weighted by molar-refractivity contribution is -0.119. The molecule has 1 aromatic heterocycles. The highest BCUT2D eigenvalue weighted by atomic mass is 16.3. The minimum absolute atomic E-state index is 0.0967. The molecule has 0 saturated carbocycles. The highest BCUT2D eigenvalue weighted by molar-refractivity contribution is 6.14. The molecule has 1 aliphatic heterocycles. The average Bonchev–Trinajstić information content (AvgIpc) is 2.93. The van der Waals surface area contributed by atoms with Gasteiger partial charge in [-0.1, -0.05) is 30.3 Å². The molecule has 1 unspecified atom stereocenters. The SMILES string of the molecule is CC1=NN(c2ccccc2)C(=O)C1Cc1coc2ccccc2c1=O. The summed E-state index contributed by atoms with van der Waals surface area (Å²) < 4.78 is 5.55. The van der Waals surface area contributed by atoms with E-state index >= 15 is 0 Å². The summed E-state index contributed by atoms with van der Waals surface area (Å²) in [5, 5.41) is 6.31. The molecule has 4 rings (SSSR count). The van der Waals surface area contributed by atoms with Crippen LogP contribution in [0.25, 0.3) is 11.0 Å². The van der Waals surface area contributed by atoms with Crippen LogP contribution >= 0.6 is 0 Å². The molecule has 0 spiro atoms. The van der Waals surface area contributed by atoms with Crippen LogP contribution < -0.4 is 10.4 Å². The van der Waals surface area contributed by atoms with Crippen molar-refractivity contribution in [3.05, 3.63) is 76.6 Å². The van der Waals surface area contributed by atoms with E-state index in [1.54, 1.807) is 18.2 Å². The van der Waals surface area contributed by atoms with E-state index in [0.29, 0.717) is 22.2 Å². The summed E-state index contributed by atoms with van der Waals surface area (Å²) >= 11 is 0. The van der Waals surface area contributed by atoms with E-state index in [4.69, 9.17) is 4.42 Å². The van der Waals surface area contributed by atoms with Gasteiger partial charge in [0.2, 0.25) is 0 Å². The number of anilines is 1. The van der Waals surface area contributed by atoms with Crippen molar-refractivity contribution in [2.45, 2.75) is 13.3 Å². The highest BCUT2D eigenvalue weighted by Gasteiger charge is 2.35. The Hall–Kier alpha value is -3.21. The van der Waals surface area contributed by atoms with E-state index in [9.17, 15) is 9.59 Å². The Labute approximate surface area is 144 Å². The summed E-state index contributed by atoms with van der Waals surface area (Å²) in [6.45, 7) is 1.81. The Kier molecular flexibility index (Phi) is 3.69. The fraction of sp³-hybridized carbons (Fsp3) is 0.150. The van der Waals surface area contributed by atoms with Crippen LogP contribution in [0.4, 0.5) is 5.69 Å². The Balaban J connectivity index is 1.66. The predicted octanol–water partition coefficient (Wildman–Crippen LogP) is 3.37. The van der Waals surface area contributed by atoms with Crippen LogP contribution in [-0.2, 0) is 11.2 Å². The highest BCUT2D eigenvalue weighted by Crippen LogP contribution is 2.25. The van der Waals surface area contributed by atoms with Gasteiger partial charge in [-0.25, -0.2) is 5.01 Å². The second kappa shape index (κ2) is 6.02. The van der Waals surface area contributed by atoms with E-state index < -0.39 is 5.92 Å². The Bertz CT molecular complexity index is 1040. The van der Waals surface area contributed by atoms with E-state index in [1.165, 1.54) is 11.3 Å². The summed E-state index contributed by atoms with van der Waals surface area (Å²) in [6.07, 6.45) is 1.74. The summed E-state index contributed by atoms with van der Waals surface area (Å²) in [6, 6.07) is 16.4. The molecule has 0 fully saturated rings. The summed E-state index contributed by atoms with van der Waals surface area (Å²) in [5.41, 5.74) is 2.36. The molecular weight excluding hydrogens is 316 g/mol. The monoisotopic (exact) mass is 332 g/mol. The molecule has 3 aromatic rings. The smallest absolute Gasteiger partial charge is 0.256 e. The number of carbonyl (C=O) groups is 1. The summed E-state index contributed by atoms with van der Waals surface area (Å²) in [7, 11) is 0. The zero-order chi connectivity index (χ0) is 17.4. The van der Waals surface area contributed by atoms with Gasteiger partial charge in [0, 0.05) is 11.3 Å². The van der Waals surface area contributed by atoms with Gasteiger partial charge in [-0.15, -0.1) is 0 Å². The van der Waals surface area contributed by atoms with Gasteiger partial charge >= 0.3 is 0 Å². The van der Waals surface area contributed by atoms with Crippen molar-refractivity contribution in [3.8, 4) is 0 Å². The number of hydrogen-bond acceptors (Lipinski definition) is 4. The van der Waals surface area contributed by atoms with Crippen molar-refractivity contribution in [2.75, 3.05) is 5.01 Å². The largest absolute Gasteiger partial charge is 0.464 e. The molecule has 0 N–H and O–H groups in total. The molecule has 1 amide bonds. The van der Waals surface area contributed by atoms with Crippen molar-refractivity contribution < 1.29 is 9.21 Å². The van der Waals surface area contributed by atoms with Gasteiger partial charge in [0.25, 0.3) is 5.91 Å². The molecule has 1 aliphatic rings. The number of fused-ring (bicyclic) bond motifs is 1. The van der Waals surface area contributed by atoms with Gasteiger partial charge in [0.1, 0.15) is 5.58 Å². The lowest BCUT2D eigenvalue weighted by atomic mass is 9.95. The van der Waals surface area contributed by atoms with Crippen molar-refractivity contribution in [3.63, 3.8) is 0 Å². The third-order valence-electron chi connectivity index (χ3n) is 4.45. The number of amides is 1. The zero-order valence-electron chi connectivity index (χ0n) is 13.7. The Morgan fingerprint density at radius 1 is 1.04 bits per heavy atom. The predicted molar refractivity (Wildman–Crippen MR) is 96.7 cm³/mol. The van der Waals surface area contributed by atoms with Crippen LogP contribution in [0.5, 0.6) is 0 Å². The van der Waals surface area contributed by atoms with Gasteiger partial charge < -0.3 is 4.42 Å². The number of hydrazone groups is 1. The third kappa shape index (κ3) is 2.63. The van der Waals surface area contributed by atoms with Gasteiger partial charge in [0.05, 0.1) is 23.3 Å². The van der Waals surface area contributed by atoms with Crippen LogP contribution in [0, 0.1) is 5.92 Å². The van der Waals surface area contributed by atoms with E-state index in [2.05, 4.69) is 5.10 Å². The lowest BCUT2D eigenvalue weighted by Gasteiger charge is -2.14. The lowest BCUT2D eigenvalue weighted by Crippen LogP contribution is -2.29. The molecule has 5 heteroatoms.